The highest BCUT2D eigenvalue weighted by Crippen LogP contribution is 2.25. The summed E-state index contributed by atoms with van der Waals surface area (Å²) in [5.41, 5.74) is 3.64. The fourth-order valence-corrected chi connectivity index (χ4v) is 1.92. The zero-order valence-electron chi connectivity index (χ0n) is 12.1. The molecule has 0 saturated heterocycles. The van der Waals surface area contributed by atoms with Crippen LogP contribution in [-0.2, 0) is 11.3 Å². The van der Waals surface area contributed by atoms with Crippen LogP contribution < -0.4 is 11.3 Å². The van der Waals surface area contributed by atoms with Crippen LogP contribution >= 0.6 is 0 Å². The molecule has 112 valence electrons. The third-order valence-corrected chi connectivity index (χ3v) is 3.11. The molecule has 0 spiro atoms. The quantitative estimate of drug-likeness (QED) is 0.428. The van der Waals surface area contributed by atoms with Gasteiger partial charge in [0.1, 0.15) is 5.69 Å². The predicted molar refractivity (Wildman–Crippen MR) is 78.3 cm³/mol. The van der Waals surface area contributed by atoms with Crippen LogP contribution in [0.25, 0.3) is 0 Å². The molecule has 1 aromatic rings. The Morgan fingerprint density at radius 1 is 1.50 bits per heavy atom. The van der Waals surface area contributed by atoms with E-state index in [4.69, 9.17) is 10.6 Å². The second-order valence-electron chi connectivity index (χ2n) is 4.81. The van der Waals surface area contributed by atoms with Crippen molar-refractivity contribution in [2.45, 2.75) is 26.4 Å². The van der Waals surface area contributed by atoms with Crippen molar-refractivity contribution in [3.05, 3.63) is 33.9 Å². The highest BCUT2D eigenvalue weighted by atomic mass is 16.6. The lowest BCUT2D eigenvalue weighted by Crippen LogP contribution is -2.33. The van der Waals surface area contributed by atoms with E-state index in [0.717, 1.165) is 12.1 Å². The van der Waals surface area contributed by atoms with E-state index in [1.165, 1.54) is 6.07 Å². The van der Waals surface area contributed by atoms with Gasteiger partial charge in [-0.2, -0.15) is 0 Å². The first-order valence-corrected chi connectivity index (χ1v) is 6.46. The molecule has 0 saturated carbocycles. The summed E-state index contributed by atoms with van der Waals surface area (Å²) in [7, 11) is 1.67. The molecule has 0 unspecified atom stereocenters. The predicted octanol–water partition coefficient (Wildman–Crippen LogP) is 1.74. The average molecular weight is 282 g/mol. The molecular weight excluding hydrogens is 260 g/mol. The lowest BCUT2D eigenvalue weighted by molar-refractivity contribution is -0.384. The number of nitro benzene ring substituents is 1. The van der Waals surface area contributed by atoms with Crippen molar-refractivity contribution in [2.75, 3.05) is 25.7 Å². The second kappa shape index (κ2) is 7.78. The van der Waals surface area contributed by atoms with Crippen molar-refractivity contribution in [3.8, 4) is 0 Å². The Bertz CT molecular complexity index is 451. The van der Waals surface area contributed by atoms with Gasteiger partial charge in [0.15, 0.2) is 0 Å². The van der Waals surface area contributed by atoms with Gasteiger partial charge in [-0.3, -0.25) is 20.9 Å². The molecule has 0 bridgehead atoms. The maximum absolute atomic E-state index is 10.8. The minimum absolute atomic E-state index is 0.0239. The number of anilines is 1. The number of hydrazine groups is 1. The third-order valence-electron chi connectivity index (χ3n) is 3.11. The van der Waals surface area contributed by atoms with Gasteiger partial charge in [-0.1, -0.05) is 6.07 Å². The number of benzene rings is 1. The number of ether oxygens (including phenoxy) is 1. The number of hydrogen-bond acceptors (Lipinski definition) is 6. The number of nitro groups is 1. The average Bonchev–Trinajstić information content (AvgIpc) is 2.42. The first-order valence-electron chi connectivity index (χ1n) is 6.46. The van der Waals surface area contributed by atoms with Gasteiger partial charge in [0, 0.05) is 32.3 Å². The largest absolute Gasteiger partial charge is 0.383 e. The molecule has 7 heteroatoms. The second-order valence-corrected chi connectivity index (χ2v) is 4.81. The number of hydrogen-bond donors (Lipinski definition) is 2. The van der Waals surface area contributed by atoms with Crippen LogP contribution in [-0.4, -0.2) is 36.1 Å². The Labute approximate surface area is 118 Å². The monoisotopic (exact) mass is 282 g/mol. The molecule has 0 amide bonds. The molecule has 0 aliphatic carbocycles. The molecule has 1 aromatic carbocycles. The van der Waals surface area contributed by atoms with Gasteiger partial charge in [0.05, 0.1) is 11.5 Å². The summed E-state index contributed by atoms with van der Waals surface area (Å²) in [6.07, 6.45) is 0. The Kier molecular flexibility index (Phi) is 6.37. The minimum Gasteiger partial charge on any atom is -0.383 e. The first kappa shape index (κ1) is 16.4. The van der Waals surface area contributed by atoms with Crippen molar-refractivity contribution in [3.63, 3.8) is 0 Å². The van der Waals surface area contributed by atoms with E-state index in [0.29, 0.717) is 24.9 Å². The zero-order valence-corrected chi connectivity index (χ0v) is 12.1. The number of nitrogen functional groups attached to an aromatic ring is 1. The third kappa shape index (κ3) is 4.44. The van der Waals surface area contributed by atoms with Gasteiger partial charge < -0.3 is 10.2 Å². The molecular formula is C13H22N4O3. The highest BCUT2D eigenvalue weighted by molar-refractivity contribution is 5.62. The fraction of sp³-hybridized carbons (Fsp3) is 0.538. The van der Waals surface area contributed by atoms with Gasteiger partial charge in [0.25, 0.3) is 5.69 Å². The van der Waals surface area contributed by atoms with Crippen LogP contribution in [0.4, 0.5) is 11.4 Å². The molecule has 20 heavy (non-hydrogen) atoms. The van der Waals surface area contributed by atoms with Crippen molar-refractivity contribution < 1.29 is 9.66 Å². The van der Waals surface area contributed by atoms with Crippen molar-refractivity contribution in [1.82, 2.24) is 4.90 Å². The van der Waals surface area contributed by atoms with Gasteiger partial charge in [-0.15, -0.1) is 0 Å². The molecule has 0 heterocycles. The van der Waals surface area contributed by atoms with E-state index < -0.39 is 4.92 Å². The van der Waals surface area contributed by atoms with Crippen molar-refractivity contribution in [2.24, 2.45) is 5.84 Å². The Balaban J connectivity index is 2.87. The SMILES string of the molecule is COCCN(Cc1ccc([N+](=O)[O-])c(NN)c1)C(C)C. The minimum atomic E-state index is -0.454. The van der Waals surface area contributed by atoms with E-state index in [1.54, 1.807) is 19.2 Å². The van der Waals surface area contributed by atoms with Crippen molar-refractivity contribution >= 4 is 11.4 Å². The van der Waals surface area contributed by atoms with Crippen LogP contribution in [0, 0.1) is 10.1 Å². The van der Waals surface area contributed by atoms with Gasteiger partial charge in [-0.05, 0) is 25.5 Å². The van der Waals surface area contributed by atoms with E-state index in [9.17, 15) is 10.1 Å². The summed E-state index contributed by atoms with van der Waals surface area (Å²) in [5.74, 6) is 5.34. The fourth-order valence-electron chi connectivity index (χ4n) is 1.92. The molecule has 0 radical (unpaired) electrons. The summed E-state index contributed by atoms with van der Waals surface area (Å²) in [6, 6.07) is 5.29. The Hall–Kier alpha value is -1.70. The normalized spacial score (nSPS) is 11.1. The van der Waals surface area contributed by atoms with Crippen LogP contribution in [0.3, 0.4) is 0 Å². The number of methoxy groups -OCH3 is 1. The van der Waals surface area contributed by atoms with Crippen LogP contribution in [0.2, 0.25) is 0 Å². The highest BCUT2D eigenvalue weighted by Gasteiger charge is 2.15. The number of rotatable bonds is 8. The number of nitrogens with two attached hydrogens (primary N) is 1. The molecule has 7 nitrogen and oxygen atoms in total. The molecule has 0 atom stereocenters. The maximum Gasteiger partial charge on any atom is 0.293 e. The van der Waals surface area contributed by atoms with Gasteiger partial charge >= 0.3 is 0 Å². The topological polar surface area (TPSA) is 93.7 Å². The first-order chi connectivity index (χ1) is 9.49. The smallest absolute Gasteiger partial charge is 0.293 e. The molecule has 3 N–H and O–H groups in total. The number of nitrogens with zero attached hydrogens (tertiary/aromatic N) is 2. The lowest BCUT2D eigenvalue weighted by Gasteiger charge is -2.26. The summed E-state index contributed by atoms with van der Waals surface area (Å²) >= 11 is 0. The Morgan fingerprint density at radius 2 is 2.20 bits per heavy atom. The summed E-state index contributed by atoms with van der Waals surface area (Å²) in [6.45, 7) is 6.34. The van der Waals surface area contributed by atoms with Crippen LogP contribution in [0.5, 0.6) is 0 Å². The number of nitrogens with one attached hydrogen (secondary N) is 1. The van der Waals surface area contributed by atoms with Crippen molar-refractivity contribution in [1.29, 1.82) is 0 Å². The molecule has 0 aromatic heterocycles. The lowest BCUT2D eigenvalue weighted by atomic mass is 10.1. The van der Waals surface area contributed by atoms with E-state index in [-0.39, 0.29) is 5.69 Å². The molecule has 0 aliphatic rings. The van der Waals surface area contributed by atoms with E-state index >= 15 is 0 Å². The molecule has 1 rings (SSSR count). The summed E-state index contributed by atoms with van der Waals surface area (Å²) in [5, 5.41) is 10.8. The molecule has 0 fully saturated rings. The summed E-state index contributed by atoms with van der Waals surface area (Å²) in [4.78, 5) is 12.6. The summed E-state index contributed by atoms with van der Waals surface area (Å²) < 4.78 is 5.09. The molecule has 0 aliphatic heterocycles. The zero-order chi connectivity index (χ0) is 15.1. The maximum atomic E-state index is 10.8. The van der Waals surface area contributed by atoms with E-state index in [1.807, 2.05) is 0 Å². The van der Waals surface area contributed by atoms with E-state index in [2.05, 4.69) is 24.2 Å². The van der Waals surface area contributed by atoms with Gasteiger partial charge in [0.2, 0.25) is 0 Å². The van der Waals surface area contributed by atoms with Gasteiger partial charge in [-0.25, -0.2) is 0 Å². The van der Waals surface area contributed by atoms with Crippen LogP contribution in [0.15, 0.2) is 18.2 Å². The van der Waals surface area contributed by atoms with Crippen LogP contribution in [0.1, 0.15) is 19.4 Å². The standard InChI is InChI=1S/C13H22N4O3/c1-10(2)16(6-7-20-3)9-11-4-5-13(17(18)19)12(8-11)15-14/h4-5,8,10,15H,6-7,9,14H2,1-3H3. The Morgan fingerprint density at radius 3 is 2.70 bits per heavy atom.